The lowest BCUT2D eigenvalue weighted by Gasteiger charge is -2.37. The second-order valence-corrected chi connectivity index (χ2v) is 6.87. The fraction of sp³-hybridized carbons (Fsp3) is 0.556. The highest BCUT2D eigenvalue weighted by atomic mass is 16.6. The Hall–Kier alpha value is -2.28. The summed E-state index contributed by atoms with van der Waals surface area (Å²) in [6.07, 6.45) is -0.823. The van der Waals surface area contributed by atoms with Gasteiger partial charge in [-0.15, -0.1) is 0 Å². The molecule has 0 aromatic heterocycles. The third-order valence-corrected chi connectivity index (χ3v) is 3.44. The van der Waals surface area contributed by atoms with E-state index in [1.165, 1.54) is 0 Å². The molecule has 1 saturated heterocycles. The van der Waals surface area contributed by atoms with Crippen LogP contribution in [-0.2, 0) is 20.8 Å². The largest absolute Gasteiger partial charge is 0.445 e. The molecule has 1 aliphatic rings. The molecule has 0 unspecified atom stereocenters. The van der Waals surface area contributed by atoms with Gasteiger partial charge in [-0.2, -0.15) is 0 Å². The summed E-state index contributed by atoms with van der Waals surface area (Å²) in [4.78, 5) is 24.9. The van der Waals surface area contributed by atoms with Gasteiger partial charge in [-0.1, -0.05) is 30.3 Å². The fourth-order valence-corrected chi connectivity index (χ4v) is 2.20. The molecule has 7 nitrogen and oxygen atoms in total. The van der Waals surface area contributed by atoms with Crippen LogP contribution >= 0.6 is 0 Å². The maximum Gasteiger partial charge on any atom is 0.410 e. The predicted molar refractivity (Wildman–Crippen MR) is 92.2 cm³/mol. The summed E-state index contributed by atoms with van der Waals surface area (Å²) in [5.41, 5.74) is 0.442. The van der Waals surface area contributed by atoms with Crippen LogP contribution < -0.4 is 5.32 Å². The first-order valence-electron chi connectivity index (χ1n) is 8.37. The lowest BCUT2D eigenvalue weighted by atomic mass is 10.2. The van der Waals surface area contributed by atoms with E-state index in [1.54, 1.807) is 4.90 Å². The molecule has 7 heteroatoms. The zero-order chi connectivity index (χ0) is 18.3. The molecule has 0 radical (unpaired) electrons. The number of hydrogen-bond acceptors (Lipinski definition) is 5. The van der Waals surface area contributed by atoms with Crippen LogP contribution in [-0.4, -0.2) is 55.0 Å². The zero-order valence-corrected chi connectivity index (χ0v) is 15.0. The molecule has 0 saturated carbocycles. The molecule has 1 aromatic rings. The Morgan fingerprint density at radius 2 is 1.88 bits per heavy atom. The maximum atomic E-state index is 11.9. The summed E-state index contributed by atoms with van der Waals surface area (Å²) in [6.45, 7) is 7.43. The number of alkyl carbamates (subject to hydrolysis) is 1. The van der Waals surface area contributed by atoms with E-state index in [-0.39, 0.29) is 18.8 Å². The highest BCUT2D eigenvalue weighted by Crippen LogP contribution is 2.14. The number of nitrogens with zero attached hydrogens (tertiary/aromatic N) is 1. The normalized spacial score (nSPS) is 14.6. The molecule has 1 heterocycles. The van der Waals surface area contributed by atoms with Crippen LogP contribution in [0.5, 0.6) is 0 Å². The Labute approximate surface area is 148 Å². The molecule has 2 amide bonds. The van der Waals surface area contributed by atoms with Gasteiger partial charge >= 0.3 is 12.2 Å². The molecule has 2 rings (SSSR count). The highest BCUT2D eigenvalue weighted by molar-refractivity contribution is 5.69. The number of nitrogens with one attached hydrogen (secondary N) is 1. The van der Waals surface area contributed by atoms with Crippen molar-refractivity contribution >= 4 is 12.2 Å². The fourth-order valence-electron chi connectivity index (χ4n) is 2.20. The monoisotopic (exact) mass is 350 g/mol. The van der Waals surface area contributed by atoms with Gasteiger partial charge in [0, 0.05) is 6.54 Å². The number of carbonyl (C=O) groups excluding carboxylic acids is 2. The number of carbonyl (C=O) groups is 2. The van der Waals surface area contributed by atoms with Crippen LogP contribution in [0.2, 0.25) is 0 Å². The minimum absolute atomic E-state index is 0.0234. The second kappa shape index (κ2) is 8.71. The SMILES string of the molecule is CC(C)(C)OC(=O)NCCOC1CN(C(=O)OCc2ccccc2)C1. The third kappa shape index (κ3) is 7.01. The van der Waals surface area contributed by atoms with Crippen LogP contribution in [0.1, 0.15) is 26.3 Å². The molecule has 0 aliphatic carbocycles. The van der Waals surface area contributed by atoms with Crippen LogP contribution in [0, 0.1) is 0 Å². The first-order valence-corrected chi connectivity index (χ1v) is 8.37. The zero-order valence-electron chi connectivity index (χ0n) is 15.0. The van der Waals surface area contributed by atoms with Gasteiger partial charge in [0.1, 0.15) is 12.2 Å². The van der Waals surface area contributed by atoms with E-state index in [2.05, 4.69) is 5.32 Å². The van der Waals surface area contributed by atoms with Crippen LogP contribution in [0.3, 0.4) is 0 Å². The van der Waals surface area contributed by atoms with Crippen molar-refractivity contribution in [2.45, 2.75) is 39.1 Å². The van der Waals surface area contributed by atoms with E-state index in [4.69, 9.17) is 14.2 Å². The van der Waals surface area contributed by atoms with E-state index in [9.17, 15) is 9.59 Å². The van der Waals surface area contributed by atoms with Crippen LogP contribution in [0.25, 0.3) is 0 Å². The van der Waals surface area contributed by atoms with Gasteiger partial charge in [0.15, 0.2) is 0 Å². The molecule has 0 spiro atoms. The van der Waals surface area contributed by atoms with Gasteiger partial charge in [0.25, 0.3) is 0 Å². The number of amides is 2. The summed E-state index contributed by atoms with van der Waals surface area (Å²) in [6, 6.07) is 9.55. The van der Waals surface area contributed by atoms with Crippen molar-refractivity contribution in [2.24, 2.45) is 0 Å². The topological polar surface area (TPSA) is 77.1 Å². The molecule has 25 heavy (non-hydrogen) atoms. The average Bonchev–Trinajstić information content (AvgIpc) is 2.50. The van der Waals surface area contributed by atoms with Crippen molar-refractivity contribution in [3.8, 4) is 0 Å². The van der Waals surface area contributed by atoms with Crippen molar-refractivity contribution < 1.29 is 23.8 Å². The van der Waals surface area contributed by atoms with Crippen molar-refractivity contribution in [2.75, 3.05) is 26.2 Å². The average molecular weight is 350 g/mol. The molecule has 0 bridgehead atoms. The lowest BCUT2D eigenvalue weighted by Crippen LogP contribution is -2.55. The van der Waals surface area contributed by atoms with E-state index in [1.807, 2.05) is 51.1 Å². The Bertz CT molecular complexity index is 565. The van der Waals surface area contributed by atoms with Gasteiger partial charge in [0.2, 0.25) is 0 Å². The summed E-state index contributed by atoms with van der Waals surface area (Å²) >= 11 is 0. The first kappa shape index (κ1) is 19.1. The second-order valence-electron chi connectivity index (χ2n) is 6.87. The summed E-state index contributed by atoms with van der Waals surface area (Å²) < 4.78 is 15.9. The van der Waals surface area contributed by atoms with E-state index < -0.39 is 11.7 Å². The Balaban J connectivity index is 1.52. The number of benzene rings is 1. The molecular weight excluding hydrogens is 324 g/mol. The van der Waals surface area contributed by atoms with Crippen molar-refractivity contribution in [1.29, 1.82) is 0 Å². The molecule has 1 N–H and O–H groups in total. The third-order valence-electron chi connectivity index (χ3n) is 3.44. The summed E-state index contributed by atoms with van der Waals surface area (Å²) in [5.74, 6) is 0. The molecular formula is C18H26N2O5. The van der Waals surface area contributed by atoms with E-state index >= 15 is 0 Å². The first-order chi connectivity index (χ1) is 11.8. The smallest absolute Gasteiger partial charge is 0.410 e. The number of ether oxygens (including phenoxy) is 3. The Kier molecular flexibility index (Phi) is 6.64. The van der Waals surface area contributed by atoms with Crippen LogP contribution in [0.4, 0.5) is 9.59 Å². The highest BCUT2D eigenvalue weighted by Gasteiger charge is 2.32. The Morgan fingerprint density at radius 1 is 1.20 bits per heavy atom. The van der Waals surface area contributed by atoms with Gasteiger partial charge in [0.05, 0.1) is 25.8 Å². The van der Waals surface area contributed by atoms with E-state index in [0.717, 1.165) is 5.56 Å². The van der Waals surface area contributed by atoms with Gasteiger partial charge in [-0.05, 0) is 26.3 Å². The lowest BCUT2D eigenvalue weighted by molar-refractivity contribution is -0.0496. The van der Waals surface area contributed by atoms with Crippen molar-refractivity contribution in [3.05, 3.63) is 35.9 Å². The van der Waals surface area contributed by atoms with Gasteiger partial charge in [-0.25, -0.2) is 9.59 Å². The molecule has 138 valence electrons. The van der Waals surface area contributed by atoms with Gasteiger partial charge < -0.3 is 24.4 Å². The molecule has 1 aliphatic heterocycles. The minimum Gasteiger partial charge on any atom is -0.445 e. The standard InChI is InChI=1S/C18H26N2O5/c1-18(2,3)25-16(21)19-9-10-23-15-11-20(12-15)17(22)24-13-14-7-5-4-6-8-14/h4-8,15H,9-13H2,1-3H3,(H,19,21). The quantitative estimate of drug-likeness (QED) is 0.798. The Morgan fingerprint density at radius 3 is 2.52 bits per heavy atom. The number of hydrogen-bond donors (Lipinski definition) is 1. The van der Waals surface area contributed by atoms with Crippen LogP contribution in [0.15, 0.2) is 30.3 Å². The minimum atomic E-state index is -0.514. The van der Waals surface area contributed by atoms with Crippen molar-refractivity contribution in [3.63, 3.8) is 0 Å². The molecule has 1 fully saturated rings. The van der Waals surface area contributed by atoms with E-state index in [0.29, 0.717) is 26.2 Å². The predicted octanol–water partition coefficient (Wildman–Crippen LogP) is 2.55. The number of rotatable bonds is 6. The maximum absolute atomic E-state index is 11.9. The summed E-state index contributed by atoms with van der Waals surface area (Å²) in [7, 11) is 0. The van der Waals surface area contributed by atoms with Gasteiger partial charge in [-0.3, -0.25) is 0 Å². The molecule has 1 aromatic carbocycles. The number of likely N-dealkylation sites (tertiary alicyclic amines) is 1. The summed E-state index contributed by atoms with van der Waals surface area (Å²) in [5, 5.41) is 2.62. The molecule has 0 atom stereocenters. The van der Waals surface area contributed by atoms with Crippen molar-refractivity contribution in [1.82, 2.24) is 10.2 Å².